The van der Waals surface area contributed by atoms with E-state index in [1.165, 1.54) is 18.5 Å². The Bertz CT molecular complexity index is 235. The Hall–Kier alpha value is -1.05. The van der Waals surface area contributed by atoms with Crippen molar-refractivity contribution < 1.29 is 0 Å². The van der Waals surface area contributed by atoms with Gasteiger partial charge < -0.3 is 5.32 Å². The lowest BCUT2D eigenvalue weighted by molar-refractivity contribution is 0.776. The fourth-order valence-electron chi connectivity index (χ4n) is 1.33. The van der Waals surface area contributed by atoms with Crippen LogP contribution in [0.15, 0.2) is 18.2 Å². The van der Waals surface area contributed by atoms with Crippen molar-refractivity contribution in [2.75, 3.05) is 11.9 Å². The Kier molecular flexibility index (Phi) is 5.05. The van der Waals surface area contributed by atoms with Crippen molar-refractivity contribution in [1.82, 2.24) is 4.98 Å². The minimum absolute atomic E-state index is 1.00. The van der Waals surface area contributed by atoms with Gasteiger partial charge in [-0.1, -0.05) is 26.3 Å². The summed E-state index contributed by atoms with van der Waals surface area (Å²) in [7, 11) is 0. The highest BCUT2D eigenvalue weighted by Gasteiger charge is 1.96. The maximum absolute atomic E-state index is 4.54. The normalized spacial score (nSPS) is 10.1. The maximum Gasteiger partial charge on any atom is 0.126 e. The number of nitrogens with zero attached hydrogens (tertiary/aromatic N) is 1. The van der Waals surface area contributed by atoms with Gasteiger partial charge >= 0.3 is 0 Å². The highest BCUT2D eigenvalue weighted by molar-refractivity contribution is 5.35. The third-order valence-corrected chi connectivity index (χ3v) is 2.15. The number of aromatic nitrogens is 1. The van der Waals surface area contributed by atoms with E-state index in [0.29, 0.717) is 0 Å². The van der Waals surface area contributed by atoms with Crippen LogP contribution in [0.5, 0.6) is 0 Å². The Balaban J connectivity index is 2.50. The zero-order valence-corrected chi connectivity index (χ0v) is 9.21. The number of aryl methyl sites for hydroxylation is 1. The maximum atomic E-state index is 4.54. The summed E-state index contributed by atoms with van der Waals surface area (Å²) in [6.07, 6.45) is 4.69. The highest BCUT2D eigenvalue weighted by atomic mass is 15.0. The van der Waals surface area contributed by atoms with E-state index in [4.69, 9.17) is 0 Å². The fraction of sp³-hybridized carbons (Fsp3) is 0.583. The molecule has 1 heterocycles. The van der Waals surface area contributed by atoms with E-state index in [2.05, 4.69) is 36.3 Å². The molecule has 0 unspecified atom stereocenters. The van der Waals surface area contributed by atoms with E-state index in [9.17, 15) is 0 Å². The molecule has 1 aromatic rings. The molecular formula is C12H20N2. The van der Waals surface area contributed by atoms with Gasteiger partial charge in [-0.3, -0.25) is 0 Å². The van der Waals surface area contributed by atoms with Crippen molar-refractivity contribution in [3.8, 4) is 0 Å². The van der Waals surface area contributed by atoms with Gasteiger partial charge in [0.05, 0.1) is 0 Å². The number of anilines is 1. The summed E-state index contributed by atoms with van der Waals surface area (Å²) in [6, 6.07) is 6.22. The van der Waals surface area contributed by atoms with E-state index in [0.717, 1.165) is 25.2 Å². The van der Waals surface area contributed by atoms with Gasteiger partial charge in [-0.05, 0) is 31.4 Å². The zero-order chi connectivity index (χ0) is 10.2. The molecular weight excluding hydrogens is 172 g/mol. The molecule has 0 radical (unpaired) electrons. The second kappa shape index (κ2) is 6.41. The van der Waals surface area contributed by atoms with Gasteiger partial charge in [-0.25, -0.2) is 4.98 Å². The minimum atomic E-state index is 1.00. The topological polar surface area (TPSA) is 24.9 Å². The predicted molar refractivity (Wildman–Crippen MR) is 61.6 cm³/mol. The van der Waals surface area contributed by atoms with Gasteiger partial charge in [0.1, 0.15) is 5.82 Å². The molecule has 0 atom stereocenters. The van der Waals surface area contributed by atoms with Crippen LogP contribution < -0.4 is 5.32 Å². The molecule has 2 nitrogen and oxygen atoms in total. The second-order valence-corrected chi connectivity index (χ2v) is 3.54. The highest BCUT2D eigenvalue weighted by Crippen LogP contribution is 2.07. The standard InChI is InChI=1S/C12H20N2/c1-3-5-7-11-8-6-9-12(14-11)13-10-4-2/h6,8-9H,3-5,7,10H2,1-2H3,(H,13,14). The summed E-state index contributed by atoms with van der Waals surface area (Å²) < 4.78 is 0. The number of pyridine rings is 1. The summed E-state index contributed by atoms with van der Waals surface area (Å²) in [5, 5.41) is 3.30. The summed E-state index contributed by atoms with van der Waals surface area (Å²) >= 11 is 0. The molecule has 14 heavy (non-hydrogen) atoms. The van der Waals surface area contributed by atoms with Crippen LogP contribution in [0.1, 0.15) is 38.8 Å². The largest absolute Gasteiger partial charge is 0.370 e. The average Bonchev–Trinajstić information content (AvgIpc) is 2.24. The second-order valence-electron chi connectivity index (χ2n) is 3.54. The van der Waals surface area contributed by atoms with E-state index in [1.807, 2.05) is 6.07 Å². The molecule has 2 heteroatoms. The molecule has 78 valence electrons. The average molecular weight is 192 g/mol. The number of hydrogen-bond donors (Lipinski definition) is 1. The van der Waals surface area contributed by atoms with Gasteiger partial charge in [0.15, 0.2) is 0 Å². The van der Waals surface area contributed by atoms with Crippen molar-refractivity contribution in [1.29, 1.82) is 0 Å². The third kappa shape index (κ3) is 3.77. The van der Waals surface area contributed by atoms with E-state index in [1.54, 1.807) is 0 Å². The Morgan fingerprint density at radius 2 is 2.07 bits per heavy atom. The quantitative estimate of drug-likeness (QED) is 0.748. The SMILES string of the molecule is CCCCc1cccc(NCCC)n1. The first-order chi connectivity index (χ1) is 6.86. The molecule has 0 amide bonds. The van der Waals surface area contributed by atoms with Gasteiger partial charge in [-0.15, -0.1) is 0 Å². The van der Waals surface area contributed by atoms with Crippen LogP contribution >= 0.6 is 0 Å². The zero-order valence-electron chi connectivity index (χ0n) is 9.21. The van der Waals surface area contributed by atoms with Crippen LogP contribution in [0, 0.1) is 0 Å². The predicted octanol–water partition coefficient (Wildman–Crippen LogP) is 3.25. The molecule has 0 spiro atoms. The van der Waals surface area contributed by atoms with Gasteiger partial charge in [0, 0.05) is 12.2 Å². The summed E-state index contributed by atoms with van der Waals surface area (Å²) in [4.78, 5) is 4.54. The van der Waals surface area contributed by atoms with Crippen molar-refractivity contribution >= 4 is 5.82 Å². The molecule has 0 aromatic carbocycles. The van der Waals surface area contributed by atoms with Crippen LogP contribution in [0.4, 0.5) is 5.82 Å². The summed E-state index contributed by atoms with van der Waals surface area (Å²) in [5.74, 6) is 1.01. The van der Waals surface area contributed by atoms with Crippen molar-refractivity contribution in [3.05, 3.63) is 23.9 Å². The Morgan fingerprint density at radius 3 is 2.79 bits per heavy atom. The molecule has 0 aliphatic rings. The van der Waals surface area contributed by atoms with E-state index in [-0.39, 0.29) is 0 Å². The molecule has 1 aromatic heterocycles. The lowest BCUT2D eigenvalue weighted by atomic mass is 10.2. The lowest BCUT2D eigenvalue weighted by Gasteiger charge is -2.05. The smallest absolute Gasteiger partial charge is 0.126 e. The number of rotatable bonds is 6. The third-order valence-electron chi connectivity index (χ3n) is 2.15. The Labute approximate surface area is 86.8 Å². The van der Waals surface area contributed by atoms with Crippen LogP contribution in [-0.4, -0.2) is 11.5 Å². The van der Waals surface area contributed by atoms with Crippen LogP contribution in [-0.2, 0) is 6.42 Å². The van der Waals surface area contributed by atoms with Crippen molar-refractivity contribution in [3.63, 3.8) is 0 Å². The van der Waals surface area contributed by atoms with Gasteiger partial charge in [0.25, 0.3) is 0 Å². The monoisotopic (exact) mass is 192 g/mol. The van der Waals surface area contributed by atoms with Crippen LogP contribution in [0.2, 0.25) is 0 Å². The summed E-state index contributed by atoms with van der Waals surface area (Å²) in [5.41, 5.74) is 1.20. The van der Waals surface area contributed by atoms with E-state index < -0.39 is 0 Å². The minimum Gasteiger partial charge on any atom is -0.370 e. The van der Waals surface area contributed by atoms with Crippen LogP contribution in [0.3, 0.4) is 0 Å². The van der Waals surface area contributed by atoms with Gasteiger partial charge in [-0.2, -0.15) is 0 Å². The van der Waals surface area contributed by atoms with Crippen molar-refractivity contribution in [2.24, 2.45) is 0 Å². The van der Waals surface area contributed by atoms with E-state index >= 15 is 0 Å². The molecule has 0 saturated carbocycles. The molecule has 1 N–H and O–H groups in total. The number of unbranched alkanes of at least 4 members (excludes halogenated alkanes) is 1. The fourth-order valence-corrected chi connectivity index (χ4v) is 1.33. The van der Waals surface area contributed by atoms with Crippen LogP contribution in [0.25, 0.3) is 0 Å². The first kappa shape index (κ1) is 11.0. The number of hydrogen-bond acceptors (Lipinski definition) is 2. The van der Waals surface area contributed by atoms with Crippen molar-refractivity contribution in [2.45, 2.75) is 39.5 Å². The van der Waals surface area contributed by atoms with Gasteiger partial charge in [0.2, 0.25) is 0 Å². The molecule has 0 bridgehead atoms. The molecule has 1 rings (SSSR count). The first-order valence-corrected chi connectivity index (χ1v) is 5.56. The Morgan fingerprint density at radius 1 is 1.21 bits per heavy atom. The molecule has 0 saturated heterocycles. The number of nitrogens with one attached hydrogen (secondary N) is 1. The first-order valence-electron chi connectivity index (χ1n) is 5.56. The molecule has 0 fully saturated rings. The molecule has 0 aliphatic carbocycles. The molecule has 0 aliphatic heterocycles. The summed E-state index contributed by atoms with van der Waals surface area (Å²) in [6.45, 7) is 5.37. The lowest BCUT2D eigenvalue weighted by Crippen LogP contribution is -2.03.